The maximum atomic E-state index is 12.8. The molecule has 0 N–H and O–H groups in total. The summed E-state index contributed by atoms with van der Waals surface area (Å²) in [4.78, 5) is 19.6. The van der Waals surface area contributed by atoms with E-state index in [-0.39, 0.29) is 11.7 Å². The molecule has 31 heavy (non-hydrogen) atoms. The highest BCUT2D eigenvalue weighted by Crippen LogP contribution is 2.28. The predicted octanol–water partition coefficient (Wildman–Crippen LogP) is 4.10. The molecule has 0 radical (unpaired) electrons. The Morgan fingerprint density at radius 3 is 2.48 bits per heavy atom. The van der Waals surface area contributed by atoms with Crippen molar-refractivity contribution in [1.82, 2.24) is 24.1 Å². The first-order valence-electron chi connectivity index (χ1n) is 10.4. The van der Waals surface area contributed by atoms with Crippen LogP contribution in [-0.2, 0) is 0 Å². The summed E-state index contributed by atoms with van der Waals surface area (Å²) in [6.45, 7) is 1.89. The largest absolute Gasteiger partial charge is 0.282 e. The molecule has 2 aromatic heterocycles. The molecule has 0 aliphatic carbocycles. The number of benzene rings is 2. The summed E-state index contributed by atoms with van der Waals surface area (Å²) in [6, 6.07) is 15.4. The van der Waals surface area contributed by atoms with Gasteiger partial charge in [-0.2, -0.15) is 15.3 Å². The zero-order valence-electron chi connectivity index (χ0n) is 16.9. The highest BCUT2D eigenvalue weighted by molar-refractivity contribution is 9.10. The van der Waals surface area contributed by atoms with Gasteiger partial charge in [0.1, 0.15) is 12.5 Å². The van der Waals surface area contributed by atoms with Crippen LogP contribution >= 0.6 is 15.9 Å². The zero-order chi connectivity index (χ0) is 21.4. The molecule has 1 fully saturated rings. The lowest BCUT2D eigenvalue weighted by atomic mass is 10.1. The van der Waals surface area contributed by atoms with Gasteiger partial charge in [0, 0.05) is 17.6 Å². The number of halogens is 1. The minimum atomic E-state index is -0.271. The van der Waals surface area contributed by atoms with Gasteiger partial charge in [0.05, 0.1) is 22.5 Å². The van der Waals surface area contributed by atoms with Crippen LogP contribution in [0.5, 0.6) is 0 Å². The summed E-state index contributed by atoms with van der Waals surface area (Å²) in [5.41, 5.74) is 2.15. The number of fused-ring (bicyclic) bond motifs is 3. The molecular formula is C23H21BrN6O. The van der Waals surface area contributed by atoms with Gasteiger partial charge in [-0.3, -0.25) is 14.1 Å². The Hall–Kier alpha value is -3.02. The molecule has 4 aromatic rings. The van der Waals surface area contributed by atoms with Crippen LogP contribution in [0.15, 0.2) is 58.1 Å². The maximum absolute atomic E-state index is 12.8. The number of aromatic nitrogens is 4. The Balaban J connectivity index is 1.71. The van der Waals surface area contributed by atoms with E-state index in [4.69, 9.17) is 5.10 Å². The van der Waals surface area contributed by atoms with Crippen molar-refractivity contribution in [2.75, 3.05) is 13.1 Å². The Morgan fingerprint density at radius 2 is 1.77 bits per heavy atom. The minimum absolute atomic E-state index is 0.198. The molecule has 8 heteroatoms. The number of nitriles is 1. The average molecular weight is 477 g/mol. The van der Waals surface area contributed by atoms with Gasteiger partial charge in [-0.25, -0.2) is 4.68 Å². The van der Waals surface area contributed by atoms with Gasteiger partial charge in [-0.05, 0) is 48.7 Å². The second-order valence-corrected chi connectivity index (χ2v) is 8.80. The van der Waals surface area contributed by atoms with Crippen molar-refractivity contribution in [2.45, 2.75) is 31.8 Å². The lowest BCUT2D eigenvalue weighted by molar-refractivity contribution is 0.169. The second kappa shape index (κ2) is 8.25. The van der Waals surface area contributed by atoms with Gasteiger partial charge >= 0.3 is 0 Å². The summed E-state index contributed by atoms with van der Waals surface area (Å²) < 4.78 is 4.55. The van der Waals surface area contributed by atoms with Crippen molar-refractivity contribution >= 4 is 32.6 Å². The van der Waals surface area contributed by atoms with E-state index in [0.29, 0.717) is 16.7 Å². The van der Waals surface area contributed by atoms with Crippen LogP contribution in [0.3, 0.4) is 0 Å². The van der Waals surface area contributed by atoms with Crippen LogP contribution in [0.25, 0.3) is 16.7 Å². The van der Waals surface area contributed by atoms with E-state index in [1.165, 1.54) is 12.8 Å². The molecule has 0 bridgehead atoms. The quantitative estimate of drug-likeness (QED) is 0.444. The second-order valence-electron chi connectivity index (χ2n) is 7.88. The summed E-state index contributed by atoms with van der Waals surface area (Å²) in [6.07, 6.45) is 6.20. The Kier molecular flexibility index (Phi) is 5.30. The molecule has 0 spiro atoms. The maximum Gasteiger partial charge on any atom is 0.282 e. The Bertz CT molecular complexity index is 1340. The molecule has 5 rings (SSSR count). The summed E-state index contributed by atoms with van der Waals surface area (Å²) in [7, 11) is 0. The van der Waals surface area contributed by atoms with Gasteiger partial charge < -0.3 is 0 Å². The minimum Gasteiger partial charge on any atom is -0.278 e. The van der Waals surface area contributed by atoms with Crippen molar-refractivity contribution < 1.29 is 0 Å². The molecule has 7 nitrogen and oxygen atoms in total. The number of likely N-dealkylation sites (tertiary alicyclic amines) is 1. The van der Waals surface area contributed by atoms with Gasteiger partial charge in [0.2, 0.25) is 5.78 Å². The van der Waals surface area contributed by atoms with Gasteiger partial charge in [0.15, 0.2) is 0 Å². The number of hydrogen-bond donors (Lipinski definition) is 0. The van der Waals surface area contributed by atoms with E-state index in [0.717, 1.165) is 41.5 Å². The molecule has 1 aliphatic rings. The van der Waals surface area contributed by atoms with E-state index in [1.54, 1.807) is 12.4 Å². The molecule has 1 saturated heterocycles. The smallest absolute Gasteiger partial charge is 0.278 e. The lowest BCUT2D eigenvalue weighted by Crippen LogP contribution is -2.35. The molecule has 2 aromatic carbocycles. The van der Waals surface area contributed by atoms with Gasteiger partial charge in [-0.15, -0.1) is 0 Å². The normalized spacial score (nSPS) is 16.3. The zero-order valence-corrected chi connectivity index (χ0v) is 18.5. The van der Waals surface area contributed by atoms with Gasteiger partial charge in [-0.1, -0.05) is 40.9 Å². The Labute approximate surface area is 187 Å². The van der Waals surface area contributed by atoms with Crippen LogP contribution in [0, 0.1) is 11.3 Å². The van der Waals surface area contributed by atoms with Crippen LogP contribution in [-0.4, -0.2) is 37.2 Å². The van der Waals surface area contributed by atoms with Crippen molar-refractivity contribution in [1.29, 1.82) is 5.26 Å². The van der Waals surface area contributed by atoms with Crippen molar-refractivity contribution in [3.05, 3.63) is 74.7 Å². The van der Waals surface area contributed by atoms with Crippen molar-refractivity contribution in [3.63, 3.8) is 0 Å². The van der Waals surface area contributed by atoms with Crippen LogP contribution < -0.4 is 5.56 Å². The SMILES string of the molecule is N#Cc1ccc(C(N2CCCCCC2)n2ncn3c4ccc(Br)cc4c(=O)nc23)cc1. The third-order valence-electron chi connectivity index (χ3n) is 5.92. The number of hydrogen-bond acceptors (Lipinski definition) is 5. The number of nitrogens with zero attached hydrogens (tertiary/aromatic N) is 6. The fourth-order valence-electron chi connectivity index (χ4n) is 4.39. The summed E-state index contributed by atoms with van der Waals surface area (Å²) in [5, 5.41) is 14.4. The van der Waals surface area contributed by atoms with Crippen LogP contribution in [0.2, 0.25) is 0 Å². The standard InChI is InChI=1S/C23H21BrN6O/c24-18-9-10-20-19(13-18)21(31)27-23-29(20)15-26-30(23)22(28-11-3-1-2-4-12-28)17-7-5-16(14-25)6-8-17/h5-10,13,15,22H,1-4,11-12H2. The predicted molar refractivity (Wildman–Crippen MR) is 122 cm³/mol. The van der Waals surface area contributed by atoms with E-state index in [2.05, 4.69) is 31.9 Å². The van der Waals surface area contributed by atoms with E-state index >= 15 is 0 Å². The molecule has 0 amide bonds. The monoisotopic (exact) mass is 476 g/mol. The molecule has 3 heterocycles. The molecule has 156 valence electrons. The first-order chi connectivity index (χ1) is 15.2. The van der Waals surface area contributed by atoms with Crippen LogP contribution in [0.4, 0.5) is 0 Å². The first kappa shape index (κ1) is 19.9. The highest BCUT2D eigenvalue weighted by atomic mass is 79.9. The molecular weight excluding hydrogens is 456 g/mol. The first-order valence-corrected chi connectivity index (χ1v) is 11.2. The molecule has 1 aliphatic heterocycles. The van der Waals surface area contributed by atoms with E-state index in [1.807, 2.05) is 45.5 Å². The third kappa shape index (κ3) is 3.64. The lowest BCUT2D eigenvalue weighted by Gasteiger charge is -2.31. The van der Waals surface area contributed by atoms with E-state index < -0.39 is 0 Å². The van der Waals surface area contributed by atoms with Crippen molar-refractivity contribution in [2.24, 2.45) is 0 Å². The Morgan fingerprint density at radius 1 is 1.03 bits per heavy atom. The highest BCUT2D eigenvalue weighted by Gasteiger charge is 2.26. The average Bonchev–Trinajstić information content (AvgIpc) is 3.01. The summed E-state index contributed by atoms with van der Waals surface area (Å²) in [5.74, 6) is 0.512. The molecule has 1 unspecified atom stereocenters. The van der Waals surface area contributed by atoms with Gasteiger partial charge in [0.25, 0.3) is 5.56 Å². The fraction of sp³-hybridized carbons (Fsp3) is 0.304. The summed E-state index contributed by atoms with van der Waals surface area (Å²) >= 11 is 3.43. The molecule has 1 atom stereocenters. The topological polar surface area (TPSA) is 79.2 Å². The fourth-order valence-corrected chi connectivity index (χ4v) is 4.75. The van der Waals surface area contributed by atoms with E-state index in [9.17, 15) is 10.1 Å². The third-order valence-corrected chi connectivity index (χ3v) is 6.41. The van der Waals surface area contributed by atoms with Crippen LogP contribution in [0.1, 0.15) is 43.0 Å². The van der Waals surface area contributed by atoms with Crippen molar-refractivity contribution in [3.8, 4) is 6.07 Å². The number of rotatable bonds is 3. The molecule has 0 saturated carbocycles.